The molecule has 1 aliphatic heterocycles. The highest BCUT2D eigenvalue weighted by Crippen LogP contribution is 2.38. The number of rotatable bonds is 7. The van der Waals surface area contributed by atoms with Gasteiger partial charge in [0.05, 0.1) is 17.5 Å². The van der Waals surface area contributed by atoms with Crippen molar-refractivity contribution < 1.29 is 9.90 Å². The van der Waals surface area contributed by atoms with Crippen LogP contribution in [0.2, 0.25) is 0 Å². The summed E-state index contributed by atoms with van der Waals surface area (Å²) in [5.41, 5.74) is 3.98. The number of aryl methyl sites for hydroxylation is 1. The van der Waals surface area contributed by atoms with Crippen molar-refractivity contribution >= 4 is 27.5 Å². The normalized spacial score (nSPS) is 21.4. The summed E-state index contributed by atoms with van der Waals surface area (Å²) < 4.78 is 0. The van der Waals surface area contributed by atoms with Gasteiger partial charge in [-0.05, 0) is 79.7 Å². The Kier molecular flexibility index (Phi) is 7.47. The second kappa shape index (κ2) is 10.6. The van der Waals surface area contributed by atoms with E-state index in [0.717, 1.165) is 65.9 Å². The van der Waals surface area contributed by atoms with E-state index < -0.39 is 0 Å². The van der Waals surface area contributed by atoms with Crippen LogP contribution in [-0.2, 0) is 12.8 Å². The Morgan fingerprint density at radius 1 is 1.22 bits per heavy atom. The maximum atomic E-state index is 13.4. The molecule has 1 aromatic carbocycles. The maximum Gasteiger partial charge on any atom is 0.261 e. The molecule has 6 heteroatoms. The van der Waals surface area contributed by atoms with Crippen molar-refractivity contribution in [3.05, 3.63) is 64.2 Å². The quantitative estimate of drug-likeness (QED) is 0.428. The largest absolute Gasteiger partial charge is 0.395 e. The molecule has 0 radical (unpaired) electrons. The van der Waals surface area contributed by atoms with Crippen molar-refractivity contribution in [3.8, 4) is 0 Å². The van der Waals surface area contributed by atoms with Gasteiger partial charge in [-0.25, -0.2) is 4.98 Å². The summed E-state index contributed by atoms with van der Waals surface area (Å²) in [6, 6.07) is 14.7. The third-order valence-corrected chi connectivity index (χ3v) is 9.29. The van der Waals surface area contributed by atoms with Crippen LogP contribution >= 0.6 is 11.3 Å². The molecular weight excluding hydrogens is 466 g/mol. The highest BCUT2D eigenvalue weighted by molar-refractivity contribution is 7.20. The van der Waals surface area contributed by atoms with Gasteiger partial charge in [0, 0.05) is 23.7 Å². The highest BCUT2D eigenvalue weighted by atomic mass is 32.1. The fraction of sp³-hybridized carbons (Fsp3) is 0.533. The third-order valence-electron chi connectivity index (χ3n) is 8.24. The minimum absolute atomic E-state index is 0.0301. The van der Waals surface area contributed by atoms with Gasteiger partial charge < -0.3 is 10.4 Å². The number of benzene rings is 1. The first-order valence-corrected chi connectivity index (χ1v) is 14.3. The van der Waals surface area contributed by atoms with Crippen molar-refractivity contribution in [2.75, 3.05) is 19.7 Å². The van der Waals surface area contributed by atoms with Crippen LogP contribution in [0.1, 0.15) is 79.0 Å². The minimum atomic E-state index is -0.0717. The second-order valence-electron chi connectivity index (χ2n) is 11.6. The third kappa shape index (κ3) is 5.51. The monoisotopic (exact) mass is 505 g/mol. The molecule has 1 unspecified atom stereocenters. The summed E-state index contributed by atoms with van der Waals surface area (Å²) in [6.07, 6.45) is 6.27. The van der Waals surface area contributed by atoms with E-state index in [1.165, 1.54) is 29.0 Å². The lowest BCUT2D eigenvalue weighted by Crippen LogP contribution is -2.36. The summed E-state index contributed by atoms with van der Waals surface area (Å²) in [5, 5.41) is 14.1. The highest BCUT2D eigenvalue weighted by Gasteiger charge is 2.30. The number of nitrogens with one attached hydrogen (secondary N) is 1. The zero-order valence-corrected chi connectivity index (χ0v) is 22.6. The number of pyridine rings is 1. The average Bonchev–Trinajstić information content (AvgIpc) is 3.50. The fourth-order valence-electron chi connectivity index (χ4n) is 5.90. The SMILES string of the molecule is CC(C)(C)[C@H]1CCc2nc3sc(C(=O)NC(CCN4CCC[C@@H]4CO)c4ccccc4)cc3cc2C1. The molecule has 2 aliphatic rings. The van der Waals surface area contributed by atoms with Gasteiger partial charge in [-0.3, -0.25) is 9.69 Å². The van der Waals surface area contributed by atoms with Crippen LogP contribution in [0.25, 0.3) is 10.2 Å². The molecule has 36 heavy (non-hydrogen) atoms. The number of aliphatic hydroxyl groups excluding tert-OH is 1. The number of thiophene rings is 1. The predicted molar refractivity (Wildman–Crippen MR) is 148 cm³/mol. The van der Waals surface area contributed by atoms with E-state index in [4.69, 9.17) is 4.98 Å². The molecule has 0 saturated carbocycles. The first-order valence-electron chi connectivity index (χ1n) is 13.4. The van der Waals surface area contributed by atoms with Gasteiger partial charge in [0.15, 0.2) is 0 Å². The van der Waals surface area contributed by atoms with Crippen molar-refractivity contribution in [3.63, 3.8) is 0 Å². The Morgan fingerprint density at radius 3 is 2.78 bits per heavy atom. The van der Waals surface area contributed by atoms with Gasteiger partial charge in [-0.1, -0.05) is 51.1 Å². The lowest BCUT2D eigenvalue weighted by atomic mass is 9.71. The van der Waals surface area contributed by atoms with E-state index in [-0.39, 0.29) is 24.6 Å². The molecule has 5 rings (SSSR count). The fourth-order valence-corrected chi connectivity index (χ4v) is 6.84. The number of hydrogen-bond donors (Lipinski definition) is 2. The molecular formula is C30H39N3O2S. The van der Waals surface area contributed by atoms with Gasteiger partial charge in [0.25, 0.3) is 5.91 Å². The molecule has 192 valence electrons. The topological polar surface area (TPSA) is 65.5 Å². The van der Waals surface area contributed by atoms with Gasteiger partial charge in [-0.2, -0.15) is 0 Å². The number of amides is 1. The Balaban J connectivity index is 1.33. The van der Waals surface area contributed by atoms with Crippen LogP contribution in [0.3, 0.4) is 0 Å². The number of carbonyl (C=O) groups excluding carboxylic acids is 1. The zero-order valence-electron chi connectivity index (χ0n) is 21.8. The van der Waals surface area contributed by atoms with Crippen LogP contribution in [0.15, 0.2) is 42.5 Å². The van der Waals surface area contributed by atoms with Crippen LogP contribution in [0, 0.1) is 11.3 Å². The van der Waals surface area contributed by atoms with E-state index in [9.17, 15) is 9.90 Å². The van der Waals surface area contributed by atoms with Crippen molar-refractivity contribution in [2.24, 2.45) is 11.3 Å². The summed E-state index contributed by atoms with van der Waals surface area (Å²) in [5.74, 6) is 0.635. The average molecular weight is 506 g/mol. The Hall–Kier alpha value is -2.28. The van der Waals surface area contributed by atoms with Gasteiger partial charge in [-0.15, -0.1) is 11.3 Å². The molecule has 1 amide bonds. The maximum absolute atomic E-state index is 13.4. The Labute approximate surface area is 218 Å². The van der Waals surface area contributed by atoms with Crippen molar-refractivity contribution in [1.29, 1.82) is 0 Å². The predicted octanol–water partition coefficient (Wildman–Crippen LogP) is 5.77. The molecule has 3 heterocycles. The van der Waals surface area contributed by atoms with Crippen LogP contribution in [0.4, 0.5) is 0 Å². The molecule has 1 aliphatic carbocycles. The number of hydrogen-bond acceptors (Lipinski definition) is 5. The van der Waals surface area contributed by atoms with Gasteiger partial charge >= 0.3 is 0 Å². The lowest BCUT2D eigenvalue weighted by Gasteiger charge is -2.34. The molecule has 5 nitrogen and oxygen atoms in total. The molecule has 1 saturated heterocycles. The molecule has 3 aromatic rings. The molecule has 2 aromatic heterocycles. The first kappa shape index (κ1) is 25.4. The molecule has 2 N–H and O–H groups in total. The number of likely N-dealkylation sites (tertiary alicyclic amines) is 1. The summed E-state index contributed by atoms with van der Waals surface area (Å²) in [7, 11) is 0. The van der Waals surface area contributed by atoms with Crippen molar-refractivity contribution in [1.82, 2.24) is 15.2 Å². The second-order valence-corrected chi connectivity index (χ2v) is 12.7. The van der Waals surface area contributed by atoms with Crippen molar-refractivity contribution in [2.45, 2.75) is 71.4 Å². The minimum Gasteiger partial charge on any atom is -0.395 e. The molecule has 0 spiro atoms. The first-order chi connectivity index (χ1) is 17.3. The summed E-state index contributed by atoms with van der Waals surface area (Å²) in [4.78, 5) is 22.5. The summed E-state index contributed by atoms with van der Waals surface area (Å²) >= 11 is 1.50. The zero-order chi connectivity index (χ0) is 25.3. The lowest BCUT2D eigenvalue weighted by molar-refractivity contribution is 0.0931. The number of nitrogens with zero attached hydrogens (tertiary/aromatic N) is 2. The van der Waals surface area contributed by atoms with Crippen LogP contribution in [-0.4, -0.2) is 46.6 Å². The number of carbonyl (C=O) groups is 1. The molecule has 0 bridgehead atoms. The number of aliphatic hydroxyl groups is 1. The van der Waals surface area contributed by atoms with E-state index >= 15 is 0 Å². The van der Waals surface area contributed by atoms with Crippen LogP contribution in [0.5, 0.6) is 0 Å². The Morgan fingerprint density at radius 2 is 2.03 bits per heavy atom. The number of fused-ring (bicyclic) bond motifs is 2. The van der Waals surface area contributed by atoms with Crippen LogP contribution < -0.4 is 5.32 Å². The smallest absolute Gasteiger partial charge is 0.261 e. The molecule has 3 atom stereocenters. The number of aromatic nitrogens is 1. The van der Waals surface area contributed by atoms with E-state index in [1.807, 2.05) is 24.3 Å². The summed E-state index contributed by atoms with van der Waals surface area (Å²) in [6.45, 7) is 9.08. The molecule has 1 fully saturated rings. The van der Waals surface area contributed by atoms with E-state index in [1.54, 1.807) is 0 Å². The van der Waals surface area contributed by atoms with E-state index in [2.05, 4.69) is 49.2 Å². The Bertz CT molecular complexity index is 1200. The van der Waals surface area contributed by atoms with Gasteiger partial charge in [0.1, 0.15) is 4.83 Å². The standard InChI is InChI=1S/C30H39N3O2S/c1-30(2,3)23-11-12-25-21(17-23)16-22-18-27(36-29(22)32-25)28(35)31-26(20-8-5-4-6-9-20)13-15-33-14-7-10-24(33)19-34/h4-6,8-9,16,18,23-24,26,34H,7,10-15,17,19H2,1-3H3,(H,31,35)/t23-,24+,26?/m0/s1. The van der Waals surface area contributed by atoms with E-state index in [0.29, 0.717) is 11.3 Å². The van der Waals surface area contributed by atoms with Gasteiger partial charge in [0.2, 0.25) is 0 Å².